The van der Waals surface area contributed by atoms with Crippen LogP contribution in [-0.2, 0) is 4.79 Å². The lowest BCUT2D eigenvalue weighted by Gasteiger charge is -2.10. The highest BCUT2D eigenvalue weighted by molar-refractivity contribution is 7.17. The van der Waals surface area contributed by atoms with Gasteiger partial charge < -0.3 is 5.73 Å². The topological polar surface area (TPSA) is 76.3 Å². The van der Waals surface area contributed by atoms with Crippen LogP contribution in [0.4, 0.5) is 5.13 Å². The van der Waals surface area contributed by atoms with Gasteiger partial charge in [-0.3, -0.25) is 14.5 Å². The van der Waals surface area contributed by atoms with Crippen LogP contribution in [-0.4, -0.2) is 29.8 Å². The number of nitrogens with two attached hydrogens (primary N) is 1. The lowest BCUT2D eigenvalue weighted by Crippen LogP contribution is -2.27. The standard InChI is InChI=1S/C8H8ClN3O2S/c9-7-5(3-13)15-8(11-7)12-2-4(10)1-6(12)14/h3-4H,1-2,10H2. The van der Waals surface area contributed by atoms with Crippen molar-refractivity contribution in [1.82, 2.24) is 4.98 Å². The Morgan fingerprint density at radius 1 is 1.67 bits per heavy atom. The predicted octanol–water partition coefficient (Wildman–Crippen LogP) is 0.673. The summed E-state index contributed by atoms with van der Waals surface area (Å²) in [4.78, 5) is 27.8. The summed E-state index contributed by atoms with van der Waals surface area (Å²) in [5.41, 5.74) is 5.64. The Balaban J connectivity index is 2.30. The minimum Gasteiger partial charge on any atom is -0.326 e. The van der Waals surface area contributed by atoms with Crippen LogP contribution in [0.15, 0.2) is 0 Å². The molecule has 0 radical (unpaired) electrons. The molecule has 0 aliphatic carbocycles. The normalized spacial score (nSPS) is 21.1. The Labute approximate surface area is 94.8 Å². The summed E-state index contributed by atoms with van der Waals surface area (Å²) in [6.07, 6.45) is 0.942. The van der Waals surface area contributed by atoms with Crippen LogP contribution in [0, 0.1) is 0 Å². The number of amides is 1. The molecule has 0 saturated carbocycles. The number of carbonyl (C=O) groups is 2. The van der Waals surface area contributed by atoms with Crippen molar-refractivity contribution in [2.45, 2.75) is 12.5 Å². The molecular weight excluding hydrogens is 238 g/mol. The van der Waals surface area contributed by atoms with E-state index in [9.17, 15) is 9.59 Å². The summed E-state index contributed by atoms with van der Waals surface area (Å²) in [5, 5.41) is 0.582. The summed E-state index contributed by atoms with van der Waals surface area (Å²) in [5.74, 6) is -0.0784. The van der Waals surface area contributed by atoms with Crippen LogP contribution in [0.1, 0.15) is 16.1 Å². The molecule has 2 heterocycles. The molecule has 1 fully saturated rings. The van der Waals surface area contributed by atoms with Gasteiger partial charge in [0.1, 0.15) is 4.88 Å². The third kappa shape index (κ3) is 1.88. The maximum Gasteiger partial charge on any atom is 0.230 e. The van der Waals surface area contributed by atoms with Gasteiger partial charge in [0, 0.05) is 19.0 Å². The van der Waals surface area contributed by atoms with Crippen molar-refractivity contribution >= 4 is 40.3 Å². The Hall–Kier alpha value is -0.980. The van der Waals surface area contributed by atoms with E-state index in [2.05, 4.69) is 4.98 Å². The molecule has 80 valence electrons. The largest absolute Gasteiger partial charge is 0.326 e. The highest BCUT2D eigenvalue weighted by Crippen LogP contribution is 2.30. The van der Waals surface area contributed by atoms with Gasteiger partial charge in [-0.2, -0.15) is 0 Å². The number of aldehydes is 1. The van der Waals surface area contributed by atoms with Gasteiger partial charge in [0.2, 0.25) is 5.91 Å². The molecule has 1 aromatic rings. The number of carbonyl (C=O) groups excluding carboxylic acids is 2. The SMILES string of the molecule is NC1CC(=O)N(c2nc(Cl)c(C=O)s2)C1. The summed E-state index contributed by atoms with van der Waals surface area (Å²) in [7, 11) is 0. The molecule has 1 aliphatic rings. The van der Waals surface area contributed by atoms with Crippen molar-refractivity contribution < 1.29 is 9.59 Å². The fraction of sp³-hybridized carbons (Fsp3) is 0.375. The Morgan fingerprint density at radius 2 is 2.40 bits per heavy atom. The number of thiazole rings is 1. The van der Waals surface area contributed by atoms with E-state index in [-0.39, 0.29) is 17.1 Å². The molecule has 2 N–H and O–H groups in total. The van der Waals surface area contributed by atoms with E-state index in [1.165, 1.54) is 4.90 Å². The molecule has 1 aromatic heterocycles. The first-order chi connectivity index (χ1) is 7.11. The van der Waals surface area contributed by atoms with Gasteiger partial charge in [0.25, 0.3) is 0 Å². The van der Waals surface area contributed by atoms with E-state index >= 15 is 0 Å². The number of anilines is 1. The molecule has 15 heavy (non-hydrogen) atoms. The van der Waals surface area contributed by atoms with Gasteiger partial charge in [-0.1, -0.05) is 22.9 Å². The minimum atomic E-state index is -0.167. The molecule has 1 saturated heterocycles. The van der Waals surface area contributed by atoms with Crippen LogP contribution in [0.25, 0.3) is 0 Å². The third-order valence-corrected chi connectivity index (χ3v) is 3.50. The molecule has 0 bridgehead atoms. The lowest BCUT2D eigenvalue weighted by molar-refractivity contribution is -0.117. The fourth-order valence-electron chi connectivity index (χ4n) is 1.41. The van der Waals surface area contributed by atoms with Crippen molar-refractivity contribution in [3.63, 3.8) is 0 Å². The molecule has 2 rings (SSSR count). The molecule has 1 unspecified atom stereocenters. The van der Waals surface area contributed by atoms with E-state index in [4.69, 9.17) is 17.3 Å². The molecule has 7 heteroatoms. The third-order valence-electron chi connectivity index (χ3n) is 2.09. The first kappa shape index (κ1) is 10.5. The van der Waals surface area contributed by atoms with E-state index in [0.717, 1.165) is 11.3 Å². The quantitative estimate of drug-likeness (QED) is 0.777. The molecule has 5 nitrogen and oxygen atoms in total. The second-order valence-corrected chi connectivity index (χ2v) is 4.61. The Morgan fingerprint density at radius 3 is 2.87 bits per heavy atom. The zero-order valence-electron chi connectivity index (χ0n) is 7.64. The van der Waals surface area contributed by atoms with E-state index in [1.807, 2.05) is 0 Å². The number of nitrogens with zero attached hydrogens (tertiary/aromatic N) is 2. The Kier molecular flexibility index (Phi) is 2.72. The van der Waals surface area contributed by atoms with Crippen molar-refractivity contribution in [3.05, 3.63) is 10.0 Å². The van der Waals surface area contributed by atoms with Crippen molar-refractivity contribution in [3.8, 4) is 0 Å². The van der Waals surface area contributed by atoms with Crippen LogP contribution < -0.4 is 10.6 Å². The van der Waals surface area contributed by atoms with Gasteiger partial charge in [0.05, 0.1) is 0 Å². The molecular formula is C8H8ClN3O2S. The summed E-state index contributed by atoms with van der Waals surface area (Å²) in [6.45, 7) is 0.432. The maximum absolute atomic E-state index is 11.5. The number of hydrogen-bond acceptors (Lipinski definition) is 5. The van der Waals surface area contributed by atoms with Gasteiger partial charge in [-0.25, -0.2) is 4.98 Å². The van der Waals surface area contributed by atoms with E-state index in [1.54, 1.807) is 0 Å². The van der Waals surface area contributed by atoms with Gasteiger partial charge >= 0.3 is 0 Å². The highest BCUT2D eigenvalue weighted by atomic mass is 35.5. The second kappa shape index (κ2) is 3.88. The van der Waals surface area contributed by atoms with Crippen molar-refractivity contribution in [1.29, 1.82) is 0 Å². The minimum absolute atomic E-state index is 0.0784. The van der Waals surface area contributed by atoms with Gasteiger partial charge in [-0.05, 0) is 0 Å². The summed E-state index contributed by atoms with van der Waals surface area (Å²) in [6, 6.07) is -0.167. The van der Waals surface area contributed by atoms with E-state index < -0.39 is 0 Å². The number of halogens is 1. The number of hydrogen-bond donors (Lipinski definition) is 1. The van der Waals surface area contributed by atoms with Crippen LogP contribution in [0.2, 0.25) is 5.15 Å². The zero-order chi connectivity index (χ0) is 11.0. The maximum atomic E-state index is 11.5. The zero-order valence-corrected chi connectivity index (χ0v) is 9.22. The molecule has 1 amide bonds. The summed E-state index contributed by atoms with van der Waals surface area (Å²) >= 11 is 6.81. The molecule has 0 aromatic carbocycles. The van der Waals surface area contributed by atoms with Crippen LogP contribution in [0.5, 0.6) is 0 Å². The first-order valence-electron chi connectivity index (χ1n) is 4.29. The second-order valence-electron chi connectivity index (χ2n) is 3.24. The van der Waals surface area contributed by atoms with E-state index in [0.29, 0.717) is 29.3 Å². The average Bonchev–Trinajstić information content (AvgIpc) is 2.69. The molecule has 0 spiro atoms. The number of aromatic nitrogens is 1. The first-order valence-corrected chi connectivity index (χ1v) is 5.48. The van der Waals surface area contributed by atoms with Crippen molar-refractivity contribution in [2.75, 3.05) is 11.4 Å². The lowest BCUT2D eigenvalue weighted by atomic mass is 10.3. The highest BCUT2D eigenvalue weighted by Gasteiger charge is 2.30. The fourth-order valence-corrected chi connectivity index (χ4v) is 2.50. The summed E-state index contributed by atoms with van der Waals surface area (Å²) < 4.78 is 0. The number of rotatable bonds is 2. The van der Waals surface area contributed by atoms with Crippen LogP contribution in [0.3, 0.4) is 0 Å². The Bertz CT molecular complexity index is 420. The predicted molar refractivity (Wildman–Crippen MR) is 57.5 cm³/mol. The smallest absolute Gasteiger partial charge is 0.230 e. The molecule has 1 aliphatic heterocycles. The molecule has 1 atom stereocenters. The van der Waals surface area contributed by atoms with Gasteiger partial charge in [-0.15, -0.1) is 0 Å². The van der Waals surface area contributed by atoms with Gasteiger partial charge in [0.15, 0.2) is 16.6 Å². The van der Waals surface area contributed by atoms with Crippen molar-refractivity contribution in [2.24, 2.45) is 5.73 Å². The van der Waals surface area contributed by atoms with Crippen LogP contribution >= 0.6 is 22.9 Å². The monoisotopic (exact) mass is 245 g/mol. The average molecular weight is 246 g/mol.